The van der Waals surface area contributed by atoms with Gasteiger partial charge in [-0.2, -0.15) is 0 Å². The maximum absolute atomic E-state index is 10.1. The van der Waals surface area contributed by atoms with E-state index in [9.17, 15) is 15.3 Å². The molecule has 0 amide bonds. The van der Waals surface area contributed by atoms with Crippen LogP contribution in [0.15, 0.2) is 0 Å². The highest BCUT2D eigenvalue weighted by atomic mass is 35.5. The van der Waals surface area contributed by atoms with Gasteiger partial charge in [-0.15, -0.1) is 0 Å². The minimum atomic E-state index is -0.836. The van der Waals surface area contributed by atoms with Gasteiger partial charge in [0.15, 0.2) is 0 Å². The molecule has 2 heterocycles. The van der Waals surface area contributed by atoms with Crippen molar-refractivity contribution in [3.63, 3.8) is 0 Å². The van der Waals surface area contributed by atoms with E-state index in [0.717, 1.165) is 30.8 Å². The molecule has 2 rings (SSSR count). The van der Waals surface area contributed by atoms with Crippen molar-refractivity contribution in [2.24, 2.45) is 0 Å². The molecule has 0 bridgehead atoms. The van der Waals surface area contributed by atoms with Crippen LogP contribution in [-0.2, 0) is 4.74 Å². The normalized spacial score (nSPS) is 39.6. The Morgan fingerprint density at radius 2 is 1.85 bits per heavy atom. The van der Waals surface area contributed by atoms with Gasteiger partial charge >= 0.3 is 0 Å². The van der Waals surface area contributed by atoms with Gasteiger partial charge in [-0.25, -0.2) is 0 Å². The van der Waals surface area contributed by atoms with Crippen molar-refractivity contribution >= 4 is 0 Å². The summed E-state index contributed by atoms with van der Waals surface area (Å²) in [7, 11) is 0. The quantitative estimate of drug-likeness (QED) is 0.323. The van der Waals surface area contributed by atoms with Gasteiger partial charge < -0.3 is 55.5 Å². The van der Waals surface area contributed by atoms with E-state index in [2.05, 4.69) is 5.73 Å². The van der Waals surface area contributed by atoms with Crippen LogP contribution in [0.2, 0.25) is 0 Å². The summed E-state index contributed by atoms with van der Waals surface area (Å²) in [5, 5.41) is 30.1. The molecule has 6 atom stereocenters. The van der Waals surface area contributed by atoms with Crippen molar-refractivity contribution in [3.05, 3.63) is 0 Å². The first-order chi connectivity index (χ1) is 8.66. The molecule has 0 radical (unpaired) electrons. The maximum Gasteiger partial charge on any atom is 0.143 e. The minimum Gasteiger partial charge on any atom is -1.00 e. The molecule has 6 nitrogen and oxygen atoms in total. The summed E-state index contributed by atoms with van der Waals surface area (Å²) >= 11 is 0. The van der Waals surface area contributed by atoms with E-state index in [-0.39, 0.29) is 36.9 Å². The molecule has 20 heavy (non-hydrogen) atoms. The maximum atomic E-state index is 10.1. The van der Waals surface area contributed by atoms with Gasteiger partial charge in [0, 0.05) is 6.42 Å². The van der Waals surface area contributed by atoms with E-state index in [4.69, 9.17) is 4.74 Å². The molecule has 2 saturated heterocycles. The molecule has 122 valence electrons. The average molecular weight is 333 g/mol. The summed E-state index contributed by atoms with van der Waals surface area (Å²) in [6.45, 7) is 2.81. The van der Waals surface area contributed by atoms with Crippen molar-refractivity contribution < 1.29 is 55.5 Å². The lowest BCUT2D eigenvalue weighted by atomic mass is 9.97. The zero-order valence-electron chi connectivity index (χ0n) is 11.5. The van der Waals surface area contributed by atoms with Crippen molar-refractivity contribution in [1.29, 1.82) is 0 Å². The van der Waals surface area contributed by atoms with Crippen molar-refractivity contribution in [1.82, 2.24) is 0 Å². The predicted octanol–water partition coefficient (Wildman–Crippen LogP) is -9.84. The van der Waals surface area contributed by atoms with Gasteiger partial charge in [0.1, 0.15) is 37.0 Å². The Kier molecular flexibility index (Phi) is 9.54. The molecular weight excluding hydrogens is 307 g/mol. The third kappa shape index (κ3) is 4.18. The highest BCUT2D eigenvalue weighted by molar-refractivity contribution is 4.93. The summed E-state index contributed by atoms with van der Waals surface area (Å²) in [5.74, 6) is 0. The highest BCUT2D eigenvalue weighted by Crippen LogP contribution is 2.18. The third-order valence-corrected chi connectivity index (χ3v) is 4.25. The van der Waals surface area contributed by atoms with Crippen LogP contribution in [0, 0.1) is 0 Å². The van der Waals surface area contributed by atoms with Crippen LogP contribution in [-0.4, -0.2) is 72.0 Å². The topological polar surface area (TPSA) is 102 Å². The summed E-state index contributed by atoms with van der Waals surface area (Å²) in [4.78, 5) is 1.10. The lowest BCUT2D eigenvalue weighted by molar-refractivity contribution is -0.947. The summed E-state index contributed by atoms with van der Waals surface area (Å²) in [6.07, 6.45) is 0.416. The van der Waals surface area contributed by atoms with Crippen LogP contribution >= 0.6 is 0 Å². The number of aliphatic hydroxyl groups excluding tert-OH is 3. The fourth-order valence-electron chi connectivity index (χ4n) is 3.28. The molecule has 0 spiro atoms. The molecule has 2 aliphatic rings. The number of nitrogens with one attached hydrogen (secondary N) is 1. The first-order valence-corrected chi connectivity index (χ1v) is 6.93. The van der Waals surface area contributed by atoms with Crippen molar-refractivity contribution in [2.45, 2.75) is 49.7 Å². The second-order valence-electron chi connectivity index (χ2n) is 5.43. The summed E-state index contributed by atoms with van der Waals surface area (Å²) in [6, 6.07) is -0.375. The van der Waals surface area contributed by atoms with Crippen LogP contribution in [0.5, 0.6) is 0 Å². The molecule has 0 saturated carbocycles. The Labute approximate surface area is 132 Å². The number of aliphatic hydroxyl groups is 3. The van der Waals surface area contributed by atoms with Gasteiger partial charge in [0.2, 0.25) is 0 Å². The van der Waals surface area contributed by atoms with Gasteiger partial charge in [0.05, 0.1) is 19.7 Å². The molecule has 0 aromatic carbocycles. The van der Waals surface area contributed by atoms with Crippen LogP contribution < -0.4 is 35.4 Å². The molecule has 0 aromatic rings. The van der Waals surface area contributed by atoms with Crippen LogP contribution in [0.4, 0.5) is 0 Å². The molecule has 7 N–H and O–H groups in total. The second kappa shape index (κ2) is 9.38. The second-order valence-corrected chi connectivity index (χ2v) is 5.43. The molecule has 0 aromatic heterocycles. The van der Waals surface area contributed by atoms with Crippen LogP contribution in [0.3, 0.4) is 0 Å². The Bertz CT molecular complexity index is 276. The van der Waals surface area contributed by atoms with Crippen molar-refractivity contribution in [2.75, 3.05) is 26.3 Å². The number of hydrogen-bond donors (Lipinski definition) is 5. The Hall–Kier alpha value is 0.340. The van der Waals surface area contributed by atoms with E-state index in [0.29, 0.717) is 19.6 Å². The summed E-state index contributed by atoms with van der Waals surface area (Å²) < 4.78 is 5.55. The van der Waals surface area contributed by atoms with Gasteiger partial charge in [-0.3, -0.25) is 0 Å². The molecule has 0 aliphatic carbocycles. The molecular formula is C12H26Cl2N2O4. The van der Waals surface area contributed by atoms with Crippen molar-refractivity contribution in [3.8, 4) is 0 Å². The van der Waals surface area contributed by atoms with E-state index < -0.39 is 18.3 Å². The number of fused-ring (bicyclic) bond motifs is 1. The molecule has 8 heteroatoms. The molecule has 2 aliphatic heterocycles. The molecule has 2 fully saturated rings. The van der Waals surface area contributed by atoms with Crippen LogP contribution in [0.25, 0.3) is 0 Å². The number of piperidine rings is 1. The predicted molar refractivity (Wildman–Crippen MR) is 63.9 cm³/mol. The lowest BCUT2D eigenvalue weighted by Gasteiger charge is -2.34. The number of ether oxygens (including phenoxy) is 1. The Morgan fingerprint density at radius 1 is 1.15 bits per heavy atom. The average Bonchev–Trinajstić information content (AvgIpc) is 2.60. The van der Waals surface area contributed by atoms with Crippen LogP contribution in [0.1, 0.15) is 19.3 Å². The minimum absolute atomic E-state index is 0. The Morgan fingerprint density at radius 3 is 2.50 bits per heavy atom. The number of halogens is 2. The molecule has 1 unspecified atom stereocenters. The summed E-state index contributed by atoms with van der Waals surface area (Å²) in [5.41, 5.74) is 3.75. The lowest BCUT2D eigenvalue weighted by Crippen LogP contribution is -3.20. The SMILES string of the molecule is [Cl-].[Cl-].[NH3+]CCCOC[C@@H]1[C@@H](O)[C@@H](O)[C@H]2[C@H](O)CCC[NH+]21. The zero-order chi connectivity index (χ0) is 13.1. The first-order valence-electron chi connectivity index (χ1n) is 6.93. The zero-order valence-corrected chi connectivity index (χ0v) is 13.1. The van der Waals surface area contributed by atoms with E-state index >= 15 is 0 Å². The largest absolute Gasteiger partial charge is 1.00 e. The standard InChI is InChI=1S/C12H24N2O4.2ClH/c13-4-2-6-18-7-8-11(16)12(17)10-9(15)3-1-5-14(8)10;;/h8-12,15-17H,1-7,13H2;2*1H/t8-,9-,10-,11-,12+;;/m1../s1. The fraction of sp³-hybridized carbons (Fsp3) is 1.00. The first kappa shape index (κ1) is 20.3. The Balaban J connectivity index is 0.00000180. The van der Waals surface area contributed by atoms with Gasteiger partial charge in [-0.05, 0) is 12.8 Å². The van der Waals surface area contributed by atoms with E-state index in [1.807, 2.05) is 0 Å². The monoisotopic (exact) mass is 332 g/mol. The van der Waals surface area contributed by atoms with E-state index in [1.54, 1.807) is 0 Å². The smallest absolute Gasteiger partial charge is 0.143 e. The van der Waals surface area contributed by atoms with Gasteiger partial charge in [-0.1, -0.05) is 0 Å². The highest BCUT2D eigenvalue weighted by Gasteiger charge is 2.55. The number of hydrogen-bond acceptors (Lipinski definition) is 4. The van der Waals surface area contributed by atoms with E-state index in [1.165, 1.54) is 0 Å². The number of quaternary nitrogens is 2. The number of rotatable bonds is 5. The van der Waals surface area contributed by atoms with Gasteiger partial charge in [0.25, 0.3) is 0 Å². The third-order valence-electron chi connectivity index (χ3n) is 4.25. The fourth-order valence-corrected chi connectivity index (χ4v) is 3.28.